The van der Waals surface area contributed by atoms with Crippen LogP contribution in [0.2, 0.25) is 5.02 Å². The SMILES string of the molecule is COCC(C)n1c(=O)c(-c2cccc(OC)c2Cl)cn(CC(=O)N2CCC(N3CCc4cc(OC)ccc4NC3=O)CC2)c1=O. The van der Waals surface area contributed by atoms with Gasteiger partial charge in [-0.3, -0.25) is 18.7 Å². The smallest absolute Gasteiger partial charge is 0.331 e. The van der Waals surface area contributed by atoms with Crippen LogP contribution in [0.25, 0.3) is 11.1 Å². The van der Waals surface area contributed by atoms with E-state index in [1.54, 1.807) is 37.1 Å². The molecule has 1 N–H and O–H groups in total. The fourth-order valence-corrected chi connectivity index (χ4v) is 6.38. The van der Waals surface area contributed by atoms with Gasteiger partial charge in [0.25, 0.3) is 5.56 Å². The highest BCUT2D eigenvalue weighted by Crippen LogP contribution is 2.34. The molecule has 1 aromatic heterocycles. The van der Waals surface area contributed by atoms with Crippen molar-refractivity contribution in [3.05, 3.63) is 74.0 Å². The van der Waals surface area contributed by atoms with E-state index >= 15 is 0 Å². The zero-order chi connectivity index (χ0) is 32.2. The van der Waals surface area contributed by atoms with Gasteiger partial charge in [-0.1, -0.05) is 23.7 Å². The second-order valence-electron chi connectivity index (χ2n) is 11.3. The molecular formula is C32H38ClN5O7. The number of carbonyl (C=O) groups excluding carboxylic acids is 2. The molecule has 12 nitrogen and oxygen atoms in total. The van der Waals surface area contributed by atoms with E-state index < -0.39 is 17.3 Å². The van der Waals surface area contributed by atoms with E-state index in [4.69, 9.17) is 25.8 Å². The van der Waals surface area contributed by atoms with Gasteiger partial charge in [0.1, 0.15) is 18.0 Å². The van der Waals surface area contributed by atoms with Gasteiger partial charge in [0, 0.05) is 50.2 Å². The lowest BCUT2D eigenvalue weighted by molar-refractivity contribution is -0.133. The average molecular weight is 640 g/mol. The molecule has 3 heterocycles. The minimum atomic E-state index is -0.618. The summed E-state index contributed by atoms with van der Waals surface area (Å²) in [6.07, 6.45) is 3.27. The second-order valence-corrected chi connectivity index (χ2v) is 11.6. The fraction of sp³-hybridized carbons (Fsp3) is 0.438. The lowest BCUT2D eigenvalue weighted by Gasteiger charge is -2.38. The number of rotatable bonds is 9. The Morgan fingerprint density at radius 1 is 1.02 bits per heavy atom. The van der Waals surface area contributed by atoms with E-state index in [9.17, 15) is 19.2 Å². The molecule has 3 amide bonds. The molecule has 3 aromatic rings. The minimum Gasteiger partial charge on any atom is -0.497 e. The lowest BCUT2D eigenvalue weighted by Crippen LogP contribution is -2.51. The summed E-state index contributed by atoms with van der Waals surface area (Å²) in [7, 11) is 4.58. The Hall–Kier alpha value is -4.29. The Labute approximate surface area is 266 Å². The number of likely N-dealkylation sites (tertiary alicyclic amines) is 1. The van der Waals surface area contributed by atoms with Crippen molar-refractivity contribution < 1.29 is 23.8 Å². The molecule has 2 aliphatic heterocycles. The summed E-state index contributed by atoms with van der Waals surface area (Å²) in [6.45, 7) is 2.97. The number of nitrogens with one attached hydrogen (secondary N) is 1. The van der Waals surface area contributed by atoms with Crippen molar-refractivity contribution in [2.24, 2.45) is 0 Å². The Balaban J connectivity index is 1.33. The maximum Gasteiger partial charge on any atom is 0.331 e. The molecule has 2 aliphatic rings. The van der Waals surface area contributed by atoms with E-state index in [1.165, 1.54) is 25.0 Å². The molecule has 1 saturated heterocycles. The number of amides is 3. The summed E-state index contributed by atoms with van der Waals surface area (Å²) in [4.78, 5) is 57.3. The first kappa shape index (κ1) is 32.1. The van der Waals surface area contributed by atoms with Crippen LogP contribution in [0.5, 0.6) is 11.5 Å². The number of carbonyl (C=O) groups is 2. The van der Waals surface area contributed by atoms with E-state index in [0.29, 0.717) is 50.2 Å². The second kappa shape index (κ2) is 13.8. The Kier molecular flexibility index (Phi) is 9.83. The molecule has 13 heteroatoms. The van der Waals surface area contributed by atoms with Crippen molar-refractivity contribution in [1.82, 2.24) is 18.9 Å². The first-order valence-electron chi connectivity index (χ1n) is 14.9. The van der Waals surface area contributed by atoms with Gasteiger partial charge in [-0.15, -0.1) is 0 Å². The number of ether oxygens (including phenoxy) is 3. The Bertz CT molecular complexity index is 1700. The van der Waals surface area contributed by atoms with Gasteiger partial charge in [0.2, 0.25) is 5.91 Å². The first-order chi connectivity index (χ1) is 21.7. The number of urea groups is 1. The number of nitrogens with zero attached hydrogens (tertiary/aromatic N) is 4. The van der Waals surface area contributed by atoms with Crippen molar-refractivity contribution in [2.75, 3.05) is 52.9 Å². The van der Waals surface area contributed by atoms with Crippen LogP contribution in [0.3, 0.4) is 0 Å². The maximum atomic E-state index is 13.6. The molecule has 0 bridgehead atoms. The van der Waals surface area contributed by atoms with Crippen molar-refractivity contribution in [3.8, 4) is 22.6 Å². The lowest BCUT2D eigenvalue weighted by atomic mass is 10.0. The highest BCUT2D eigenvalue weighted by atomic mass is 35.5. The molecule has 1 fully saturated rings. The summed E-state index contributed by atoms with van der Waals surface area (Å²) >= 11 is 6.57. The van der Waals surface area contributed by atoms with Gasteiger partial charge in [0.05, 0.1) is 37.5 Å². The summed E-state index contributed by atoms with van der Waals surface area (Å²) < 4.78 is 18.2. The van der Waals surface area contributed by atoms with Gasteiger partial charge < -0.3 is 29.3 Å². The largest absolute Gasteiger partial charge is 0.497 e. The van der Waals surface area contributed by atoms with Crippen LogP contribution in [0.4, 0.5) is 10.5 Å². The van der Waals surface area contributed by atoms with E-state index in [2.05, 4.69) is 5.32 Å². The third-order valence-electron chi connectivity index (χ3n) is 8.51. The molecule has 2 aromatic carbocycles. The van der Waals surface area contributed by atoms with Crippen molar-refractivity contribution in [2.45, 2.75) is 44.8 Å². The third-order valence-corrected chi connectivity index (χ3v) is 8.90. The molecule has 240 valence electrons. The predicted octanol–water partition coefficient (Wildman–Crippen LogP) is 3.64. The van der Waals surface area contributed by atoms with Gasteiger partial charge in [-0.25, -0.2) is 9.59 Å². The molecule has 0 radical (unpaired) electrons. The van der Waals surface area contributed by atoms with E-state index in [1.807, 2.05) is 23.1 Å². The summed E-state index contributed by atoms with van der Waals surface area (Å²) in [5.41, 5.74) is 1.18. The number of hydrogen-bond donors (Lipinski definition) is 1. The van der Waals surface area contributed by atoms with Crippen molar-refractivity contribution in [1.29, 1.82) is 0 Å². The number of hydrogen-bond acceptors (Lipinski definition) is 7. The number of halogens is 1. The van der Waals surface area contributed by atoms with Gasteiger partial charge in [-0.05, 0) is 56.0 Å². The van der Waals surface area contributed by atoms with Crippen LogP contribution >= 0.6 is 11.6 Å². The standard InChI is InChI=1S/C32H38ClN5O7/c1-20(19-43-2)38-30(40)25(24-6-5-7-27(45-4)29(24)33)17-36(32(38)42)18-28(39)35-13-11-22(12-14-35)37-15-10-21-16-23(44-3)8-9-26(21)34-31(37)41/h5-9,16-17,20,22H,10-15,18-19H2,1-4H3,(H,34,41). The van der Waals surface area contributed by atoms with Gasteiger partial charge in [-0.2, -0.15) is 0 Å². The number of anilines is 1. The van der Waals surface area contributed by atoms with Crippen LogP contribution in [-0.2, 0) is 22.5 Å². The zero-order valence-corrected chi connectivity index (χ0v) is 26.6. The number of methoxy groups -OCH3 is 3. The molecule has 0 spiro atoms. The number of benzene rings is 2. The highest BCUT2D eigenvalue weighted by Gasteiger charge is 2.32. The number of piperidine rings is 1. The molecule has 1 unspecified atom stereocenters. The van der Waals surface area contributed by atoms with Crippen LogP contribution in [0.15, 0.2) is 52.2 Å². The topological polar surface area (TPSA) is 124 Å². The summed E-state index contributed by atoms with van der Waals surface area (Å²) in [5, 5.41) is 3.23. The fourth-order valence-electron chi connectivity index (χ4n) is 6.08. The Morgan fingerprint density at radius 3 is 2.47 bits per heavy atom. The van der Waals surface area contributed by atoms with Crippen LogP contribution in [-0.4, -0.2) is 84.5 Å². The van der Waals surface area contributed by atoms with Crippen LogP contribution in [0.1, 0.15) is 31.4 Å². The van der Waals surface area contributed by atoms with Crippen molar-refractivity contribution in [3.63, 3.8) is 0 Å². The molecule has 0 aliphatic carbocycles. The van der Waals surface area contributed by atoms with Crippen LogP contribution < -0.4 is 26.0 Å². The minimum absolute atomic E-state index is 0.0356. The zero-order valence-electron chi connectivity index (χ0n) is 25.9. The average Bonchev–Trinajstić information content (AvgIpc) is 3.20. The normalized spacial score (nSPS) is 16.1. The molecule has 0 saturated carbocycles. The van der Waals surface area contributed by atoms with E-state index in [-0.39, 0.29) is 41.7 Å². The molecular weight excluding hydrogens is 602 g/mol. The number of aromatic nitrogens is 2. The summed E-state index contributed by atoms with van der Waals surface area (Å²) in [6, 6.07) is 9.87. The Morgan fingerprint density at radius 2 is 1.78 bits per heavy atom. The highest BCUT2D eigenvalue weighted by molar-refractivity contribution is 6.34. The van der Waals surface area contributed by atoms with Crippen molar-refractivity contribution >= 4 is 29.2 Å². The van der Waals surface area contributed by atoms with E-state index in [0.717, 1.165) is 21.6 Å². The predicted molar refractivity (Wildman–Crippen MR) is 171 cm³/mol. The van der Waals surface area contributed by atoms with Gasteiger partial charge >= 0.3 is 11.7 Å². The quantitative estimate of drug-likeness (QED) is 0.379. The summed E-state index contributed by atoms with van der Waals surface area (Å²) in [5.74, 6) is 0.857. The monoisotopic (exact) mass is 639 g/mol. The van der Waals surface area contributed by atoms with Gasteiger partial charge in [0.15, 0.2) is 0 Å². The molecule has 45 heavy (non-hydrogen) atoms. The first-order valence-corrected chi connectivity index (χ1v) is 15.2. The maximum absolute atomic E-state index is 13.6. The molecule has 5 rings (SSSR count). The van der Waals surface area contributed by atoms with Crippen LogP contribution in [0, 0.1) is 0 Å². The third kappa shape index (κ3) is 6.57. The number of fused-ring (bicyclic) bond motifs is 1. The molecule has 1 atom stereocenters.